The van der Waals surface area contributed by atoms with Crippen LogP contribution >= 0.6 is 0 Å². The van der Waals surface area contributed by atoms with Gasteiger partial charge in [-0.1, -0.05) is 84.9 Å². The van der Waals surface area contributed by atoms with E-state index in [4.69, 9.17) is 0 Å². The summed E-state index contributed by atoms with van der Waals surface area (Å²) < 4.78 is 0. The minimum atomic E-state index is -0.489. The number of ketones is 1. The number of benzene rings is 4. The number of aliphatic hydroxyl groups is 1. The van der Waals surface area contributed by atoms with Gasteiger partial charge in [-0.15, -0.1) is 0 Å². The molecule has 0 bridgehead atoms. The van der Waals surface area contributed by atoms with Crippen LogP contribution in [-0.2, 0) is 29.0 Å². The zero-order chi connectivity index (χ0) is 27.5. The Labute approximate surface area is 228 Å². The second-order valence-corrected chi connectivity index (χ2v) is 9.13. The molecule has 0 spiro atoms. The van der Waals surface area contributed by atoms with Crippen LogP contribution in [0.1, 0.15) is 39.0 Å². The van der Waals surface area contributed by atoms with E-state index in [9.17, 15) is 19.5 Å². The van der Waals surface area contributed by atoms with E-state index in [1.807, 2.05) is 48.5 Å². The molecule has 0 unspecified atom stereocenters. The molecule has 39 heavy (non-hydrogen) atoms. The van der Waals surface area contributed by atoms with Crippen molar-refractivity contribution < 1.29 is 19.5 Å². The summed E-state index contributed by atoms with van der Waals surface area (Å²) in [5.41, 5.74) is 4.46. The van der Waals surface area contributed by atoms with Gasteiger partial charge in [-0.2, -0.15) is 0 Å². The molecule has 0 atom stereocenters. The van der Waals surface area contributed by atoms with E-state index < -0.39 is 11.8 Å². The standard InChI is InChI=1S/C33H30N2O4/c36-23-27-13-11-26(12-14-27)22-31(35-32(38)28-9-5-2-6-10-28)33(39)34-29-18-15-25(16-19-29)21-30(37)20-17-24-7-3-1-4-8-24/h1-16,18-19,22,36H,17,20-21,23H2,(H,34,39)(H,35,38)/b31-22-. The second-order valence-electron chi connectivity index (χ2n) is 9.13. The largest absolute Gasteiger partial charge is 0.392 e. The molecule has 0 heterocycles. The SMILES string of the molecule is O=C(CCc1ccccc1)Cc1ccc(NC(=O)/C(=C/c2ccc(CO)cc2)NC(=O)c2ccccc2)cc1. The first-order valence-corrected chi connectivity index (χ1v) is 12.7. The monoisotopic (exact) mass is 518 g/mol. The van der Waals surface area contributed by atoms with Crippen molar-refractivity contribution in [3.05, 3.63) is 143 Å². The van der Waals surface area contributed by atoms with Crippen molar-refractivity contribution in [1.82, 2.24) is 5.32 Å². The zero-order valence-corrected chi connectivity index (χ0v) is 21.5. The Balaban J connectivity index is 1.42. The van der Waals surface area contributed by atoms with Gasteiger partial charge < -0.3 is 15.7 Å². The number of carbonyl (C=O) groups excluding carboxylic acids is 3. The van der Waals surface area contributed by atoms with Crippen molar-refractivity contribution in [3.63, 3.8) is 0 Å². The van der Waals surface area contributed by atoms with Crippen molar-refractivity contribution >= 4 is 29.4 Å². The fourth-order valence-corrected chi connectivity index (χ4v) is 3.98. The van der Waals surface area contributed by atoms with Gasteiger partial charge >= 0.3 is 0 Å². The molecule has 0 aliphatic carbocycles. The van der Waals surface area contributed by atoms with Crippen LogP contribution in [-0.4, -0.2) is 22.7 Å². The van der Waals surface area contributed by atoms with Crippen LogP contribution in [0.3, 0.4) is 0 Å². The lowest BCUT2D eigenvalue weighted by Crippen LogP contribution is -2.30. The van der Waals surface area contributed by atoms with Gasteiger partial charge in [0.2, 0.25) is 0 Å². The van der Waals surface area contributed by atoms with Crippen molar-refractivity contribution in [2.45, 2.75) is 25.9 Å². The predicted octanol–water partition coefficient (Wildman–Crippen LogP) is 5.33. The molecule has 0 saturated heterocycles. The summed E-state index contributed by atoms with van der Waals surface area (Å²) >= 11 is 0. The average molecular weight is 519 g/mol. The lowest BCUT2D eigenvalue weighted by Gasteiger charge is -2.12. The topological polar surface area (TPSA) is 95.5 Å². The number of hydrogen-bond acceptors (Lipinski definition) is 4. The molecule has 0 aromatic heterocycles. The van der Waals surface area contributed by atoms with Gasteiger partial charge in [0.15, 0.2) is 0 Å². The van der Waals surface area contributed by atoms with Crippen LogP contribution in [0.25, 0.3) is 6.08 Å². The minimum absolute atomic E-state index is 0.0702. The van der Waals surface area contributed by atoms with Crippen LogP contribution in [0.15, 0.2) is 115 Å². The minimum Gasteiger partial charge on any atom is -0.392 e. The summed E-state index contributed by atoms with van der Waals surface area (Å²) in [5.74, 6) is -0.748. The Morgan fingerprint density at radius 3 is 1.95 bits per heavy atom. The predicted molar refractivity (Wildman–Crippen MR) is 153 cm³/mol. The van der Waals surface area contributed by atoms with Crippen molar-refractivity contribution in [2.75, 3.05) is 5.32 Å². The van der Waals surface area contributed by atoms with E-state index in [-0.39, 0.29) is 18.1 Å². The van der Waals surface area contributed by atoms with E-state index >= 15 is 0 Å². The summed E-state index contributed by atoms with van der Waals surface area (Å²) in [7, 11) is 0. The molecule has 0 aliphatic rings. The van der Waals surface area contributed by atoms with Gasteiger partial charge in [0.1, 0.15) is 11.5 Å². The molecule has 6 heteroatoms. The van der Waals surface area contributed by atoms with Crippen LogP contribution in [0.2, 0.25) is 0 Å². The maximum atomic E-state index is 13.2. The van der Waals surface area contributed by atoms with E-state index in [1.54, 1.807) is 66.7 Å². The highest BCUT2D eigenvalue weighted by molar-refractivity contribution is 6.10. The third-order valence-electron chi connectivity index (χ3n) is 6.15. The smallest absolute Gasteiger partial charge is 0.272 e. The van der Waals surface area contributed by atoms with Crippen LogP contribution in [0.5, 0.6) is 0 Å². The summed E-state index contributed by atoms with van der Waals surface area (Å²) in [6.07, 6.45) is 3.08. The quantitative estimate of drug-likeness (QED) is 0.234. The van der Waals surface area contributed by atoms with Gasteiger partial charge in [0.05, 0.1) is 6.61 Å². The fourth-order valence-electron chi connectivity index (χ4n) is 3.98. The maximum Gasteiger partial charge on any atom is 0.272 e. The molecule has 2 amide bonds. The van der Waals surface area contributed by atoms with E-state index in [2.05, 4.69) is 10.6 Å². The molecule has 6 nitrogen and oxygen atoms in total. The van der Waals surface area contributed by atoms with E-state index in [0.717, 1.165) is 16.7 Å². The summed E-state index contributed by atoms with van der Waals surface area (Å²) in [4.78, 5) is 38.4. The molecule has 196 valence electrons. The Bertz CT molecular complexity index is 1430. The first kappa shape index (κ1) is 27.2. The molecule has 0 saturated carbocycles. The highest BCUT2D eigenvalue weighted by Crippen LogP contribution is 2.15. The number of nitrogens with one attached hydrogen (secondary N) is 2. The van der Waals surface area contributed by atoms with Crippen LogP contribution in [0.4, 0.5) is 5.69 Å². The molecule has 0 aliphatic heterocycles. The maximum absolute atomic E-state index is 13.2. The van der Waals surface area contributed by atoms with Gasteiger partial charge in [0, 0.05) is 24.1 Å². The summed E-state index contributed by atoms with van der Waals surface area (Å²) in [5, 5.41) is 14.8. The molecular formula is C33H30N2O4. The van der Waals surface area contributed by atoms with Crippen LogP contribution < -0.4 is 10.6 Å². The van der Waals surface area contributed by atoms with Gasteiger partial charge in [-0.3, -0.25) is 14.4 Å². The zero-order valence-electron chi connectivity index (χ0n) is 21.5. The van der Waals surface area contributed by atoms with Crippen molar-refractivity contribution in [1.29, 1.82) is 0 Å². The highest BCUT2D eigenvalue weighted by atomic mass is 16.3. The number of hydrogen-bond donors (Lipinski definition) is 3. The molecular weight excluding hydrogens is 488 g/mol. The first-order valence-electron chi connectivity index (χ1n) is 12.7. The van der Waals surface area contributed by atoms with Gasteiger partial charge in [-0.25, -0.2) is 0 Å². The lowest BCUT2D eigenvalue weighted by atomic mass is 10.0. The molecule has 3 N–H and O–H groups in total. The Hall–Kier alpha value is -4.81. The third kappa shape index (κ3) is 8.35. The molecule has 0 fully saturated rings. The molecule has 4 aromatic rings. The molecule has 4 aromatic carbocycles. The van der Waals surface area contributed by atoms with Crippen LogP contribution in [0, 0.1) is 0 Å². The number of rotatable bonds is 11. The highest BCUT2D eigenvalue weighted by Gasteiger charge is 2.15. The normalized spacial score (nSPS) is 11.1. The van der Waals surface area contributed by atoms with E-state index in [1.165, 1.54) is 0 Å². The van der Waals surface area contributed by atoms with Gasteiger partial charge in [-0.05, 0) is 59.0 Å². The lowest BCUT2D eigenvalue weighted by molar-refractivity contribution is -0.118. The fraction of sp³-hybridized carbons (Fsp3) is 0.121. The number of anilines is 1. The van der Waals surface area contributed by atoms with Gasteiger partial charge in [0.25, 0.3) is 11.8 Å². The summed E-state index contributed by atoms with van der Waals surface area (Å²) in [6, 6.07) is 32.7. The first-order chi connectivity index (χ1) is 19.0. The van der Waals surface area contributed by atoms with Crippen molar-refractivity contribution in [3.8, 4) is 0 Å². The number of Topliss-reactive ketones (excluding diaryl/α,β-unsaturated/α-hetero) is 1. The van der Waals surface area contributed by atoms with E-state index in [0.29, 0.717) is 36.1 Å². The Morgan fingerprint density at radius 1 is 0.692 bits per heavy atom. The summed E-state index contributed by atoms with van der Waals surface area (Å²) in [6.45, 7) is -0.0866. The molecule has 4 rings (SSSR count). The number of aryl methyl sites for hydroxylation is 1. The number of amides is 2. The number of carbonyl (C=O) groups is 3. The van der Waals surface area contributed by atoms with Crippen molar-refractivity contribution in [2.24, 2.45) is 0 Å². The Morgan fingerprint density at radius 2 is 1.31 bits per heavy atom. The molecule has 0 radical (unpaired) electrons. The second kappa shape index (κ2) is 13.7. The Kier molecular flexibility index (Phi) is 9.53. The average Bonchev–Trinajstić information content (AvgIpc) is 2.98. The number of aliphatic hydroxyl groups excluding tert-OH is 1. The third-order valence-corrected chi connectivity index (χ3v) is 6.15.